The topological polar surface area (TPSA) is 13.1 Å². The van der Waals surface area contributed by atoms with E-state index in [1.54, 1.807) is 24.3 Å². The van der Waals surface area contributed by atoms with E-state index in [9.17, 15) is 9.60 Å². The third kappa shape index (κ3) is 3.72. The molecule has 0 N–H and O–H groups in total. The first-order valence-electron chi connectivity index (χ1n) is 21.5. The zero-order chi connectivity index (χ0) is 42.3. The maximum absolute atomic E-state index is 9.72. The minimum absolute atomic E-state index is 0.0479. The summed E-state index contributed by atoms with van der Waals surface area (Å²) >= 11 is 0. The Bertz CT molecular complexity index is 3300. The maximum Gasteiger partial charge on any atom is 0.143 e. The molecule has 9 rings (SSSR count). The Morgan fingerprint density at radius 2 is 0.953 bits per heavy atom. The van der Waals surface area contributed by atoms with Crippen LogP contribution in [0.3, 0.4) is 0 Å². The maximum atomic E-state index is 9.72. The molecule has 43 heavy (non-hydrogen) atoms. The summed E-state index contributed by atoms with van der Waals surface area (Å²) in [5.74, 6) is 0. The Morgan fingerprint density at radius 3 is 1.63 bits per heavy atom. The SMILES string of the molecule is [2H]c1c([2H])c([2H])c2c(cc([2H])c3c2oc2c([2H])c([2H])c(-c4c5c([2H])c([2H])c([2H])c([2H])c5c(-c5ccc(-c6ccccc6)cc5)c5c([2H])c([2H])c([2H])c([2H])c45)c([2H])c23)c1[2H]. The molecule has 0 saturated heterocycles. The monoisotopic (exact) mass is 562 g/mol. The van der Waals surface area contributed by atoms with Crippen molar-refractivity contribution in [3.05, 3.63) is 157 Å². The Hall–Kier alpha value is -5.66. The lowest BCUT2D eigenvalue weighted by Gasteiger charge is -2.18. The Morgan fingerprint density at radius 1 is 0.395 bits per heavy atom. The summed E-state index contributed by atoms with van der Waals surface area (Å²) in [6.45, 7) is 0. The lowest BCUT2D eigenvalue weighted by Crippen LogP contribution is -1.91. The van der Waals surface area contributed by atoms with Gasteiger partial charge in [-0.2, -0.15) is 0 Å². The zero-order valence-corrected chi connectivity index (χ0v) is 22.2. The molecule has 0 fully saturated rings. The Balaban J connectivity index is 1.52. The van der Waals surface area contributed by atoms with E-state index in [2.05, 4.69) is 0 Å². The summed E-state index contributed by atoms with van der Waals surface area (Å²) < 4.78 is 149. The number of fused-ring (bicyclic) bond motifs is 7. The summed E-state index contributed by atoms with van der Waals surface area (Å²) in [4.78, 5) is 0. The summed E-state index contributed by atoms with van der Waals surface area (Å²) in [5.41, 5.74) is 0.749. The molecule has 1 nitrogen and oxygen atoms in total. The van der Waals surface area contributed by atoms with Crippen LogP contribution >= 0.6 is 0 Å². The van der Waals surface area contributed by atoms with Crippen LogP contribution < -0.4 is 0 Å². The van der Waals surface area contributed by atoms with E-state index < -0.39 is 96.2 Å². The molecule has 0 saturated carbocycles. The fourth-order valence-corrected chi connectivity index (χ4v) is 5.73. The van der Waals surface area contributed by atoms with E-state index in [0.29, 0.717) is 5.56 Å². The first-order chi connectivity index (χ1) is 28.0. The standard InChI is InChI=1S/C42H26O/c1-2-10-27(11-3-1)28-18-20-30(21-19-28)40-33-14-6-8-16-35(33)41(36-17-9-7-15-34(36)40)31-23-25-39-38(26-31)37-24-22-29-12-4-5-13-32(29)42(37)43-39/h1-26H/i4D,5D,6D,7D,8D,9D,12D,13D,14D,15D,16D,17D,23D,24D,25D,26D. The van der Waals surface area contributed by atoms with Crippen LogP contribution in [0.1, 0.15) is 21.9 Å². The van der Waals surface area contributed by atoms with Crippen molar-refractivity contribution in [2.75, 3.05) is 0 Å². The minimum atomic E-state index is -0.693. The van der Waals surface area contributed by atoms with Gasteiger partial charge in [0.25, 0.3) is 0 Å². The van der Waals surface area contributed by atoms with Gasteiger partial charge in [-0.3, -0.25) is 0 Å². The first kappa shape index (κ1) is 13.1. The Kier molecular flexibility index (Phi) is 2.88. The normalized spacial score (nSPS) is 16.9. The summed E-state index contributed by atoms with van der Waals surface area (Å²) in [5, 5.41) is -1.34. The van der Waals surface area contributed by atoms with Crippen molar-refractivity contribution >= 4 is 54.3 Å². The predicted molar refractivity (Wildman–Crippen MR) is 183 cm³/mol. The fraction of sp³-hybridized carbons (Fsp3) is 0. The number of benzene rings is 8. The molecule has 8 aromatic carbocycles. The van der Waals surface area contributed by atoms with Gasteiger partial charge in [-0.1, -0.05) is 139 Å². The molecule has 0 aliphatic carbocycles. The van der Waals surface area contributed by atoms with Gasteiger partial charge in [-0.25, -0.2) is 0 Å². The molecule has 0 bridgehead atoms. The Labute approximate surface area is 271 Å². The molecule has 9 aromatic rings. The first-order valence-corrected chi connectivity index (χ1v) is 13.5. The van der Waals surface area contributed by atoms with E-state index in [-0.39, 0.29) is 71.4 Å². The second-order valence-electron chi connectivity index (χ2n) is 10.0. The molecule has 0 aliphatic rings. The minimum Gasteiger partial charge on any atom is -0.455 e. The summed E-state index contributed by atoms with van der Waals surface area (Å²) in [6, 6.07) is 8.24. The number of furan rings is 1. The van der Waals surface area contributed by atoms with Crippen molar-refractivity contribution in [2.45, 2.75) is 0 Å². The van der Waals surface area contributed by atoms with E-state index in [0.717, 1.165) is 11.1 Å². The molecule has 1 heteroatoms. The van der Waals surface area contributed by atoms with Crippen molar-refractivity contribution in [2.24, 2.45) is 0 Å². The molecule has 0 radical (unpaired) electrons. The third-order valence-electron chi connectivity index (χ3n) is 7.67. The predicted octanol–water partition coefficient (Wildman–Crippen LogP) is 12.0. The van der Waals surface area contributed by atoms with E-state index in [4.69, 9.17) is 16.8 Å². The van der Waals surface area contributed by atoms with Crippen LogP contribution in [0.25, 0.3) is 87.6 Å². The van der Waals surface area contributed by atoms with Gasteiger partial charge in [0.15, 0.2) is 0 Å². The van der Waals surface area contributed by atoms with E-state index in [1.807, 2.05) is 30.3 Å². The molecule has 1 heterocycles. The van der Waals surface area contributed by atoms with Crippen molar-refractivity contribution in [1.82, 2.24) is 0 Å². The van der Waals surface area contributed by atoms with Gasteiger partial charge in [-0.15, -0.1) is 0 Å². The zero-order valence-electron chi connectivity index (χ0n) is 38.2. The molecular formula is C42H26O. The fourth-order valence-electron chi connectivity index (χ4n) is 5.73. The van der Waals surface area contributed by atoms with Crippen LogP contribution in [0.15, 0.2) is 162 Å². The van der Waals surface area contributed by atoms with Crippen molar-refractivity contribution in [1.29, 1.82) is 0 Å². The van der Waals surface area contributed by atoms with Crippen molar-refractivity contribution in [3.8, 4) is 33.4 Å². The van der Waals surface area contributed by atoms with E-state index in [1.165, 1.54) is 6.07 Å². The molecular weight excluding hydrogens is 520 g/mol. The van der Waals surface area contributed by atoms with Gasteiger partial charge in [0, 0.05) is 16.2 Å². The highest BCUT2D eigenvalue weighted by atomic mass is 16.3. The van der Waals surface area contributed by atoms with Gasteiger partial charge >= 0.3 is 0 Å². The number of hydrogen-bond acceptors (Lipinski definition) is 1. The summed E-state index contributed by atoms with van der Waals surface area (Å²) in [7, 11) is 0. The average Bonchev–Trinajstić information content (AvgIpc) is 3.65. The molecule has 1 aromatic heterocycles. The number of hydrogen-bond donors (Lipinski definition) is 0. The van der Waals surface area contributed by atoms with E-state index >= 15 is 0 Å². The van der Waals surface area contributed by atoms with Gasteiger partial charge in [0.2, 0.25) is 0 Å². The summed E-state index contributed by atoms with van der Waals surface area (Å²) in [6.07, 6.45) is 0. The quantitative estimate of drug-likeness (QED) is 0.195. The van der Waals surface area contributed by atoms with Crippen LogP contribution in [0, 0.1) is 0 Å². The lowest BCUT2D eigenvalue weighted by molar-refractivity contribution is 0.672. The van der Waals surface area contributed by atoms with Crippen LogP contribution in [0.2, 0.25) is 0 Å². The van der Waals surface area contributed by atoms with Gasteiger partial charge in [0.1, 0.15) is 11.2 Å². The third-order valence-corrected chi connectivity index (χ3v) is 7.67. The average molecular weight is 563 g/mol. The molecule has 0 unspecified atom stereocenters. The second kappa shape index (κ2) is 9.44. The van der Waals surface area contributed by atoms with Crippen LogP contribution in [0.4, 0.5) is 0 Å². The highest BCUT2D eigenvalue weighted by molar-refractivity contribution is 6.22. The largest absolute Gasteiger partial charge is 0.455 e. The van der Waals surface area contributed by atoms with Crippen molar-refractivity contribution in [3.63, 3.8) is 0 Å². The second-order valence-corrected chi connectivity index (χ2v) is 10.0. The van der Waals surface area contributed by atoms with Crippen LogP contribution in [0.5, 0.6) is 0 Å². The van der Waals surface area contributed by atoms with Crippen LogP contribution in [-0.4, -0.2) is 0 Å². The smallest absolute Gasteiger partial charge is 0.143 e. The van der Waals surface area contributed by atoms with Gasteiger partial charge in [-0.05, 0) is 78.4 Å². The lowest BCUT2D eigenvalue weighted by atomic mass is 9.85. The molecule has 0 amide bonds. The molecule has 0 spiro atoms. The number of rotatable bonds is 3. The molecule has 0 atom stereocenters. The van der Waals surface area contributed by atoms with Crippen LogP contribution in [-0.2, 0) is 0 Å². The highest BCUT2D eigenvalue weighted by Gasteiger charge is 2.18. The molecule has 0 aliphatic heterocycles. The molecule has 200 valence electrons. The van der Waals surface area contributed by atoms with Gasteiger partial charge < -0.3 is 4.42 Å². The highest BCUT2D eigenvalue weighted by Crippen LogP contribution is 2.45. The van der Waals surface area contributed by atoms with Gasteiger partial charge in [0.05, 0.1) is 21.9 Å². The van der Waals surface area contributed by atoms with Crippen molar-refractivity contribution < 1.29 is 26.3 Å².